The quantitative estimate of drug-likeness (QED) is 0.627. The Labute approximate surface area is 181 Å². The van der Waals surface area contributed by atoms with E-state index in [0.717, 1.165) is 32.2 Å². The van der Waals surface area contributed by atoms with Gasteiger partial charge in [-0.05, 0) is 49.3 Å². The normalized spacial score (nSPS) is 17.6. The van der Waals surface area contributed by atoms with Crippen molar-refractivity contribution >= 4 is 38.9 Å². The lowest BCUT2D eigenvalue weighted by molar-refractivity contribution is 0.594. The molecule has 4 rings (SSSR count). The first-order chi connectivity index (χ1) is 14.4. The first kappa shape index (κ1) is 20.9. The van der Waals surface area contributed by atoms with Crippen LogP contribution in [0.5, 0.6) is 0 Å². The number of hydrogen-bond donors (Lipinski definition) is 1. The highest BCUT2D eigenvalue weighted by molar-refractivity contribution is 7.91. The summed E-state index contributed by atoms with van der Waals surface area (Å²) < 4.78 is 26.1. The van der Waals surface area contributed by atoms with Crippen LogP contribution in [0.3, 0.4) is 0 Å². The molecule has 1 aromatic carbocycles. The molecular formula is C22H24ClN3O3S. The van der Waals surface area contributed by atoms with Crippen LogP contribution in [-0.2, 0) is 22.1 Å². The molecule has 0 bridgehead atoms. The Morgan fingerprint density at radius 2 is 1.97 bits per heavy atom. The van der Waals surface area contributed by atoms with Crippen LogP contribution < -0.4 is 11.3 Å². The van der Waals surface area contributed by atoms with Crippen LogP contribution in [0.15, 0.2) is 52.5 Å². The van der Waals surface area contributed by atoms with Crippen molar-refractivity contribution in [3.05, 3.63) is 69.2 Å². The third-order valence-electron chi connectivity index (χ3n) is 5.40. The van der Waals surface area contributed by atoms with Crippen LogP contribution in [0.1, 0.15) is 36.8 Å². The van der Waals surface area contributed by atoms with Crippen molar-refractivity contribution < 1.29 is 8.42 Å². The highest BCUT2D eigenvalue weighted by atomic mass is 35.5. The van der Waals surface area contributed by atoms with Crippen LogP contribution in [-0.4, -0.2) is 24.4 Å². The van der Waals surface area contributed by atoms with Crippen LogP contribution in [0.4, 0.5) is 5.69 Å². The molecule has 0 spiro atoms. The lowest BCUT2D eigenvalue weighted by Gasteiger charge is -2.09. The molecule has 0 amide bonds. The molecule has 0 atom stereocenters. The van der Waals surface area contributed by atoms with Crippen LogP contribution in [0.25, 0.3) is 5.57 Å². The van der Waals surface area contributed by atoms with Crippen molar-refractivity contribution in [3.63, 3.8) is 0 Å². The fourth-order valence-electron chi connectivity index (χ4n) is 3.32. The van der Waals surface area contributed by atoms with E-state index in [-0.39, 0.29) is 16.6 Å². The molecule has 1 heterocycles. The number of aliphatic imine (C=N–C) groups is 1. The van der Waals surface area contributed by atoms with E-state index < -0.39 is 9.84 Å². The summed E-state index contributed by atoms with van der Waals surface area (Å²) in [6.45, 7) is 0.721. The zero-order valence-corrected chi connectivity index (χ0v) is 18.1. The van der Waals surface area contributed by atoms with Gasteiger partial charge in [-0.2, -0.15) is 0 Å². The van der Waals surface area contributed by atoms with Crippen LogP contribution in [0, 0.1) is 5.92 Å². The van der Waals surface area contributed by atoms with Gasteiger partial charge in [-0.3, -0.25) is 9.79 Å². The molecule has 8 heteroatoms. The van der Waals surface area contributed by atoms with Gasteiger partial charge in [-0.15, -0.1) is 0 Å². The Hall–Kier alpha value is -2.38. The van der Waals surface area contributed by atoms with E-state index >= 15 is 0 Å². The number of nitrogens with two attached hydrogens (primary N) is 1. The maximum absolute atomic E-state index is 12.2. The number of hydrogen-bond acceptors (Lipinski definition) is 5. The smallest absolute Gasteiger partial charge is 0.250 e. The summed E-state index contributed by atoms with van der Waals surface area (Å²) in [5.74, 6) is 0.582. The number of pyridine rings is 1. The SMILES string of the molecule is NC=C(C=Nc1ccc(=O)n(CC2CC2)c1)c1ccc(CS(=O)(=O)C2CC2)cc1Cl. The van der Waals surface area contributed by atoms with Crippen molar-refractivity contribution in [2.75, 3.05) is 0 Å². The second-order valence-corrected chi connectivity index (χ2v) is 10.7. The third-order valence-corrected chi connectivity index (χ3v) is 7.93. The van der Waals surface area contributed by atoms with E-state index in [1.165, 1.54) is 12.3 Å². The maximum Gasteiger partial charge on any atom is 0.250 e. The van der Waals surface area contributed by atoms with Gasteiger partial charge >= 0.3 is 0 Å². The average molecular weight is 446 g/mol. The van der Waals surface area contributed by atoms with Gasteiger partial charge in [0.15, 0.2) is 9.84 Å². The van der Waals surface area contributed by atoms with Gasteiger partial charge < -0.3 is 10.3 Å². The molecule has 0 aliphatic heterocycles. The van der Waals surface area contributed by atoms with Gasteiger partial charge in [-0.25, -0.2) is 8.42 Å². The van der Waals surface area contributed by atoms with E-state index in [9.17, 15) is 13.2 Å². The minimum Gasteiger partial charge on any atom is -0.404 e. The first-order valence-corrected chi connectivity index (χ1v) is 12.1. The summed E-state index contributed by atoms with van der Waals surface area (Å²) in [6, 6.07) is 8.38. The molecule has 2 fully saturated rings. The second kappa shape index (κ2) is 8.40. The van der Waals surface area contributed by atoms with E-state index in [1.807, 2.05) is 0 Å². The van der Waals surface area contributed by atoms with Gasteiger partial charge in [0.2, 0.25) is 0 Å². The van der Waals surface area contributed by atoms with Crippen molar-refractivity contribution in [1.29, 1.82) is 0 Å². The van der Waals surface area contributed by atoms with Crippen molar-refractivity contribution in [2.45, 2.75) is 43.2 Å². The summed E-state index contributed by atoms with van der Waals surface area (Å²) in [6.07, 6.45) is 8.58. The minimum absolute atomic E-state index is 0.00400. The monoisotopic (exact) mass is 445 g/mol. The molecule has 0 saturated heterocycles. The third kappa shape index (κ3) is 5.02. The number of benzene rings is 1. The average Bonchev–Trinajstić information content (AvgIpc) is 3.59. The molecule has 30 heavy (non-hydrogen) atoms. The highest BCUT2D eigenvalue weighted by Crippen LogP contribution is 2.32. The fourth-order valence-corrected chi connectivity index (χ4v) is 5.37. The number of sulfone groups is 1. The standard InChI is InChI=1S/C22H24ClN3O3S/c23-21-9-16(14-30(28,29)19-5-6-19)3-7-20(21)17(10-24)11-25-18-4-8-22(27)26(13-18)12-15-1-2-15/h3-4,7-11,13,15,19H,1-2,5-6,12,14,24H2. The van der Waals surface area contributed by atoms with Gasteiger partial charge in [0.1, 0.15) is 0 Å². The van der Waals surface area contributed by atoms with Gasteiger partial charge in [-0.1, -0.05) is 23.7 Å². The van der Waals surface area contributed by atoms with E-state index in [0.29, 0.717) is 33.3 Å². The molecule has 2 aliphatic rings. The maximum atomic E-state index is 12.2. The Balaban J connectivity index is 1.52. The fraction of sp³-hybridized carbons (Fsp3) is 0.364. The molecular weight excluding hydrogens is 422 g/mol. The van der Waals surface area contributed by atoms with E-state index in [4.69, 9.17) is 17.3 Å². The Bertz CT molecular complexity index is 1180. The lowest BCUT2D eigenvalue weighted by Crippen LogP contribution is -2.18. The first-order valence-electron chi connectivity index (χ1n) is 10.0. The lowest BCUT2D eigenvalue weighted by atomic mass is 10.1. The van der Waals surface area contributed by atoms with Crippen molar-refractivity contribution in [1.82, 2.24) is 4.57 Å². The summed E-state index contributed by atoms with van der Waals surface area (Å²) in [5.41, 5.74) is 8.35. The Morgan fingerprint density at radius 1 is 1.20 bits per heavy atom. The summed E-state index contributed by atoms with van der Waals surface area (Å²) in [4.78, 5) is 16.4. The van der Waals surface area contributed by atoms with Crippen molar-refractivity contribution in [3.8, 4) is 0 Å². The number of nitrogens with zero attached hydrogens (tertiary/aromatic N) is 2. The van der Waals surface area contributed by atoms with Crippen molar-refractivity contribution in [2.24, 2.45) is 16.6 Å². The predicted octanol–water partition coefficient (Wildman–Crippen LogP) is 3.69. The number of allylic oxidation sites excluding steroid dienone is 1. The Kier molecular flexibility index (Phi) is 5.84. The van der Waals surface area contributed by atoms with E-state index in [2.05, 4.69) is 4.99 Å². The molecule has 2 aliphatic carbocycles. The second-order valence-electron chi connectivity index (χ2n) is 8.02. The molecule has 0 radical (unpaired) electrons. The Morgan fingerprint density at radius 3 is 2.60 bits per heavy atom. The van der Waals surface area contributed by atoms with Gasteiger partial charge in [0, 0.05) is 47.4 Å². The van der Waals surface area contributed by atoms with Gasteiger partial charge in [0.25, 0.3) is 5.56 Å². The summed E-state index contributed by atoms with van der Waals surface area (Å²) in [5, 5.41) is 0.214. The minimum atomic E-state index is -3.11. The molecule has 2 N–H and O–H groups in total. The number of aromatic nitrogens is 1. The van der Waals surface area contributed by atoms with Gasteiger partial charge in [0.05, 0.1) is 16.7 Å². The summed E-state index contributed by atoms with van der Waals surface area (Å²) >= 11 is 6.42. The number of halogens is 1. The van der Waals surface area contributed by atoms with E-state index in [1.54, 1.807) is 41.2 Å². The highest BCUT2D eigenvalue weighted by Gasteiger charge is 2.35. The zero-order chi connectivity index (χ0) is 21.3. The van der Waals surface area contributed by atoms with Crippen LogP contribution >= 0.6 is 11.6 Å². The molecule has 0 unspecified atom stereocenters. The molecule has 158 valence electrons. The number of rotatable bonds is 8. The topological polar surface area (TPSA) is 94.5 Å². The molecule has 2 aromatic rings. The predicted molar refractivity (Wildman–Crippen MR) is 121 cm³/mol. The zero-order valence-electron chi connectivity index (χ0n) is 16.5. The summed E-state index contributed by atoms with van der Waals surface area (Å²) in [7, 11) is -3.11. The van der Waals surface area contributed by atoms with Crippen LogP contribution in [0.2, 0.25) is 5.02 Å². The largest absolute Gasteiger partial charge is 0.404 e. The molecule has 2 saturated carbocycles. The molecule has 6 nitrogen and oxygen atoms in total. The molecule has 1 aromatic heterocycles.